The zero-order valence-electron chi connectivity index (χ0n) is 10.1. The van der Waals surface area contributed by atoms with Gasteiger partial charge in [0.15, 0.2) is 4.77 Å². The summed E-state index contributed by atoms with van der Waals surface area (Å²) in [5.41, 5.74) is 2.01. The smallest absolute Gasteiger partial charge is 0.178 e. The Morgan fingerprint density at radius 1 is 1.37 bits per heavy atom. The number of aromatic nitrogens is 2. The number of benzene rings is 1. The maximum atomic E-state index is 5.41. The fourth-order valence-electron chi connectivity index (χ4n) is 2.07. The van der Waals surface area contributed by atoms with Crippen molar-refractivity contribution in [2.75, 3.05) is 7.11 Å². The van der Waals surface area contributed by atoms with Crippen molar-refractivity contribution in [1.82, 2.24) is 9.55 Å². The Bertz CT molecular complexity index is 787. The molecule has 0 aliphatic heterocycles. The van der Waals surface area contributed by atoms with E-state index < -0.39 is 0 Å². The Kier molecular flexibility index (Phi) is 3.47. The predicted molar refractivity (Wildman–Crippen MR) is 84.8 cm³/mol. The summed E-state index contributed by atoms with van der Waals surface area (Å²) in [4.78, 5) is 4.48. The Morgan fingerprint density at radius 3 is 2.89 bits per heavy atom. The van der Waals surface area contributed by atoms with E-state index in [2.05, 4.69) is 37.6 Å². The van der Waals surface area contributed by atoms with Crippen molar-refractivity contribution in [2.45, 2.75) is 6.54 Å². The second-order valence-corrected chi connectivity index (χ2v) is 7.01. The fraction of sp³-hybridized carbons (Fsp3) is 0.154. The van der Waals surface area contributed by atoms with Gasteiger partial charge in [0.2, 0.25) is 0 Å². The molecule has 3 aromatic rings. The Labute approximate surface area is 128 Å². The summed E-state index contributed by atoms with van der Waals surface area (Å²) in [7, 11) is 1.67. The summed E-state index contributed by atoms with van der Waals surface area (Å²) in [6.45, 7) is 0.766. The van der Waals surface area contributed by atoms with Gasteiger partial charge in [0.25, 0.3) is 0 Å². The van der Waals surface area contributed by atoms with Gasteiger partial charge in [-0.2, -0.15) is 0 Å². The van der Waals surface area contributed by atoms with Crippen LogP contribution in [0.15, 0.2) is 34.1 Å². The first-order valence-electron chi connectivity index (χ1n) is 5.69. The molecule has 0 saturated carbocycles. The third-order valence-corrected chi connectivity index (χ3v) is 4.87. The molecule has 0 aliphatic rings. The molecule has 2 aromatic heterocycles. The van der Waals surface area contributed by atoms with Crippen LogP contribution in [0.4, 0.5) is 0 Å². The summed E-state index contributed by atoms with van der Waals surface area (Å²) in [5, 5.41) is 0. The van der Waals surface area contributed by atoms with Crippen LogP contribution < -0.4 is 4.74 Å². The minimum Gasteiger partial charge on any atom is -0.494 e. The molecule has 0 saturated heterocycles. The highest BCUT2D eigenvalue weighted by Gasteiger charge is 2.09. The van der Waals surface area contributed by atoms with Crippen LogP contribution in [-0.4, -0.2) is 16.7 Å². The first-order valence-corrected chi connectivity index (χ1v) is 7.70. The number of H-pyrrole nitrogens is 1. The normalized spacial score (nSPS) is 11.1. The minimum atomic E-state index is 0.712. The Morgan fingerprint density at radius 2 is 2.21 bits per heavy atom. The van der Waals surface area contributed by atoms with E-state index in [4.69, 9.17) is 17.0 Å². The molecule has 3 rings (SSSR count). The second kappa shape index (κ2) is 5.11. The lowest BCUT2D eigenvalue weighted by atomic mass is 10.3. The zero-order chi connectivity index (χ0) is 13.4. The molecular formula is C13H11BrN2OS2. The quantitative estimate of drug-likeness (QED) is 0.697. The predicted octanol–water partition coefficient (Wildman–Crippen LogP) is 4.58. The summed E-state index contributed by atoms with van der Waals surface area (Å²) in [5.74, 6) is 0.815. The maximum absolute atomic E-state index is 5.41. The molecule has 0 atom stereocenters. The SMILES string of the molecule is COc1cccc2c1[nH]c(=S)n2Cc1ccc(Br)s1. The number of hydrogen-bond donors (Lipinski definition) is 1. The molecule has 1 aromatic carbocycles. The first kappa shape index (κ1) is 12.9. The molecule has 19 heavy (non-hydrogen) atoms. The molecule has 3 nitrogen and oxygen atoms in total. The van der Waals surface area contributed by atoms with Gasteiger partial charge < -0.3 is 14.3 Å². The van der Waals surface area contributed by atoms with Crippen molar-refractivity contribution >= 4 is 50.5 Å². The third-order valence-electron chi connectivity index (χ3n) is 2.93. The highest BCUT2D eigenvalue weighted by Crippen LogP contribution is 2.27. The fourth-order valence-corrected chi connectivity index (χ4v) is 3.81. The number of halogens is 1. The number of nitrogens with one attached hydrogen (secondary N) is 1. The van der Waals surface area contributed by atoms with E-state index in [1.807, 2.05) is 18.2 Å². The van der Waals surface area contributed by atoms with Crippen LogP contribution in [0.2, 0.25) is 0 Å². The van der Waals surface area contributed by atoms with E-state index in [0.717, 1.165) is 27.1 Å². The molecule has 0 unspecified atom stereocenters. The lowest BCUT2D eigenvalue weighted by Crippen LogP contribution is -1.97. The Balaban J connectivity index is 2.13. The molecular weight excluding hydrogens is 344 g/mol. The van der Waals surface area contributed by atoms with Gasteiger partial charge in [-0.1, -0.05) is 6.07 Å². The third kappa shape index (κ3) is 2.35. The van der Waals surface area contributed by atoms with E-state index in [-0.39, 0.29) is 0 Å². The molecule has 0 spiro atoms. The van der Waals surface area contributed by atoms with Crippen molar-refractivity contribution in [3.8, 4) is 5.75 Å². The number of para-hydroxylation sites is 1. The van der Waals surface area contributed by atoms with E-state index in [0.29, 0.717) is 4.77 Å². The van der Waals surface area contributed by atoms with Crippen molar-refractivity contribution in [2.24, 2.45) is 0 Å². The van der Waals surface area contributed by atoms with Crippen LogP contribution >= 0.6 is 39.5 Å². The molecule has 2 heterocycles. The van der Waals surface area contributed by atoms with Gasteiger partial charge >= 0.3 is 0 Å². The highest BCUT2D eigenvalue weighted by atomic mass is 79.9. The van der Waals surface area contributed by atoms with Crippen molar-refractivity contribution in [1.29, 1.82) is 0 Å². The van der Waals surface area contributed by atoms with Gasteiger partial charge in [-0.3, -0.25) is 0 Å². The maximum Gasteiger partial charge on any atom is 0.178 e. The van der Waals surface area contributed by atoms with Crippen LogP contribution in [0.1, 0.15) is 4.88 Å². The summed E-state index contributed by atoms with van der Waals surface area (Å²) >= 11 is 10.6. The van der Waals surface area contributed by atoms with Crippen LogP contribution in [-0.2, 0) is 6.54 Å². The number of imidazole rings is 1. The molecule has 0 amide bonds. The monoisotopic (exact) mass is 354 g/mol. The van der Waals surface area contributed by atoms with E-state index in [1.165, 1.54) is 4.88 Å². The van der Waals surface area contributed by atoms with Crippen LogP contribution in [0.3, 0.4) is 0 Å². The molecule has 0 bridgehead atoms. The van der Waals surface area contributed by atoms with Gasteiger partial charge in [0.05, 0.1) is 23.0 Å². The molecule has 6 heteroatoms. The average molecular weight is 355 g/mol. The van der Waals surface area contributed by atoms with Crippen molar-refractivity contribution in [3.05, 3.63) is 43.8 Å². The van der Waals surface area contributed by atoms with Gasteiger partial charge in [-0.15, -0.1) is 11.3 Å². The number of nitrogens with zero attached hydrogens (tertiary/aromatic N) is 1. The zero-order valence-corrected chi connectivity index (χ0v) is 13.4. The number of fused-ring (bicyclic) bond motifs is 1. The van der Waals surface area contributed by atoms with Crippen LogP contribution in [0.25, 0.3) is 11.0 Å². The van der Waals surface area contributed by atoms with Gasteiger partial charge in [0, 0.05) is 4.88 Å². The van der Waals surface area contributed by atoms with Gasteiger partial charge in [-0.25, -0.2) is 0 Å². The lowest BCUT2D eigenvalue weighted by molar-refractivity contribution is 0.419. The number of methoxy groups -OCH3 is 1. The van der Waals surface area contributed by atoms with Crippen LogP contribution in [0, 0.1) is 4.77 Å². The van der Waals surface area contributed by atoms with Gasteiger partial charge in [0.1, 0.15) is 11.3 Å². The van der Waals surface area contributed by atoms with Crippen molar-refractivity contribution < 1.29 is 4.74 Å². The summed E-state index contributed by atoms with van der Waals surface area (Å²) in [6, 6.07) is 10.1. The second-order valence-electron chi connectivity index (χ2n) is 4.08. The number of ether oxygens (including phenoxy) is 1. The van der Waals surface area contributed by atoms with Crippen LogP contribution in [0.5, 0.6) is 5.75 Å². The number of thiophene rings is 1. The molecule has 0 radical (unpaired) electrons. The molecule has 1 N–H and O–H groups in total. The topological polar surface area (TPSA) is 29.9 Å². The largest absolute Gasteiger partial charge is 0.494 e. The number of aromatic amines is 1. The number of hydrogen-bond acceptors (Lipinski definition) is 3. The Hall–Kier alpha value is -1.11. The minimum absolute atomic E-state index is 0.712. The average Bonchev–Trinajstić information content (AvgIpc) is 2.94. The van der Waals surface area contributed by atoms with Gasteiger partial charge in [-0.05, 0) is 52.4 Å². The first-order chi connectivity index (χ1) is 9.19. The summed E-state index contributed by atoms with van der Waals surface area (Å²) in [6.07, 6.45) is 0. The summed E-state index contributed by atoms with van der Waals surface area (Å²) < 4.78 is 9.29. The lowest BCUT2D eigenvalue weighted by Gasteiger charge is -2.04. The van der Waals surface area contributed by atoms with E-state index in [1.54, 1.807) is 18.4 Å². The number of rotatable bonds is 3. The van der Waals surface area contributed by atoms with E-state index in [9.17, 15) is 0 Å². The highest BCUT2D eigenvalue weighted by molar-refractivity contribution is 9.11. The van der Waals surface area contributed by atoms with Crippen molar-refractivity contribution in [3.63, 3.8) is 0 Å². The van der Waals surface area contributed by atoms with E-state index >= 15 is 0 Å². The molecule has 98 valence electrons. The standard InChI is InChI=1S/C13H11BrN2OS2/c1-17-10-4-2-3-9-12(10)15-13(18)16(9)7-8-5-6-11(14)19-8/h2-6H,7H2,1H3,(H,15,18). The molecule has 0 fully saturated rings. The molecule has 0 aliphatic carbocycles.